The molecule has 3 aromatic rings. The first-order valence-corrected chi connectivity index (χ1v) is 9.83. The lowest BCUT2D eigenvalue weighted by Crippen LogP contribution is -2.34. The molecular formula is C24H24N2O5. The average Bonchev–Trinajstić information content (AvgIpc) is 2.80. The smallest absolute Gasteiger partial charge is 0.325 e. The van der Waals surface area contributed by atoms with Crippen LogP contribution in [-0.4, -0.2) is 38.0 Å². The lowest BCUT2D eigenvalue weighted by atomic mass is 10.00. The number of nitrogens with one attached hydrogen (secondary N) is 2. The Kier molecular flexibility index (Phi) is 7.22. The van der Waals surface area contributed by atoms with Gasteiger partial charge in [0.15, 0.2) is 6.61 Å². The molecule has 0 aromatic heterocycles. The van der Waals surface area contributed by atoms with Crippen molar-refractivity contribution in [3.63, 3.8) is 0 Å². The number of amides is 2. The largest absolute Gasteiger partial charge is 0.497 e. The van der Waals surface area contributed by atoms with Crippen molar-refractivity contribution in [2.45, 2.75) is 13.0 Å². The molecule has 3 aromatic carbocycles. The van der Waals surface area contributed by atoms with Crippen LogP contribution in [0, 0.1) is 0 Å². The van der Waals surface area contributed by atoms with Crippen molar-refractivity contribution in [2.75, 3.05) is 20.3 Å². The molecule has 3 rings (SSSR count). The summed E-state index contributed by atoms with van der Waals surface area (Å²) in [5, 5.41) is 7.43. The molecule has 0 bridgehead atoms. The Hall–Kier alpha value is -3.87. The second-order valence-electron chi connectivity index (χ2n) is 6.93. The molecule has 0 aliphatic heterocycles. The van der Waals surface area contributed by atoms with Gasteiger partial charge in [0.25, 0.3) is 11.8 Å². The maximum absolute atomic E-state index is 12.2. The number of rotatable bonds is 8. The predicted molar refractivity (Wildman–Crippen MR) is 117 cm³/mol. The Balaban J connectivity index is 1.45. The fourth-order valence-corrected chi connectivity index (χ4v) is 3.18. The van der Waals surface area contributed by atoms with E-state index in [4.69, 9.17) is 9.47 Å². The minimum Gasteiger partial charge on any atom is -0.497 e. The Labute approximate surface area is 180 Å². The third-order valence-electron chi connectivity index (χ3n) is 4.78. The number of fused-ring (bicyclic) bond motifs is 1. The van der Waals surface area contributed by atoms with E-state index in [1.807, 2.05) is 49.4 Å². The van der Waals surface area contributed by atoms with E-state index in [-0.39, 0.29) is 12.6 Å². The van der Waals surface area contributed by atoms with Crippen LogP contribution in [0.5, 0.6) is 5.75 Å². The minimum absolute atomic E-state index is 0.257. The summed E-state index contributed by atoms with van der Waals surface area (Å²) in [6, 6.07) is 20.0. The van der Waals surface area contributed by atoms with Crippen LogP contribution < -0.4 is 15.4 Å². The maximum atomic E-state index is 12.2. The molecule has 1 unspecified atom stereocenters. The molecule has 7 nitrogen and oxygen atoms in total. The first-order chi connectivity index (χ1) is 15.0. The van der Waals surface area contributed by atoms with Crippen LogP contribution in [0.25, 0.3) is 10.8 Å². The number of esters is 1. The van der Waals surface area contributed by atoms with Crippen LogP contribution in [0.4, 0.5) is 0 Å². The van der Waals surface area contributed by atoms with E-state index in [1.165, 1.54) is 7.11 Å². The summed E-state index contributed by atoms with van der Waals surface area (Å²) in [6.07, 6.45) is 0. The molecule has 0 saturated heterocycles. The highest BCUT2D eigenvalue weighted by molar-refractivity contribution is 5.96. The number of hydrogen-bond acceptors (Lipinski definition) is 5. The summed E-state index contributed by atoms with van der Waals surface area (Å²) in [4.78, 5) is 36.1. The molecule has 2 amide bonds. The van der Waals surface area contributed by atoms with Gasteiger partial charge in [0.05, 0.1) is 13.2 Å². The van der Waals surface area contributed by atoms with Crippen LogP contribution in [0.3, 0.4) is 0 Å². The molecule has 0 heterocycles. The molecule has 2 N–H and O–H groups in total. The van der Waals surface area contributed by atoms with Gasteiger partial charge in [-0.25, -0.2) is 0 Å². The zero-order chi connectivity index (χ0) is 22.2. The van der Waals surface area contributed by atoms with Crippen LogP contribution in [0.1, 0.15) is 28.9 Å². The van der Waals surface area contributed by atoms with Crippen molar-refractivity contribution < 1.29 is 23.9 Å². The van der Waals surface area contributed by atoms with Crippen molar-refractivity contribution in [3.05, 3.63) is 77.9 Å². The van der Waals surface area contributed by atoms with Crippen LogP contribution in [-0.2, 0) is 14.3 Å². The van der Waals surface area contributed by atoms with E-state index < -0.39 is 24.4 Å². The monoisotopic (exact) mass is 420 g/mol. The van der Waals surface area contributed by atoms with Gasteiger partial charge in [-0.15, -0.1) is 0 Å². The van der Waals surface area contributed by atoms with E-state index in [1.54, 1.807) is 24.3 Å². The van der Waals surface area contributed by atoms with Crippen molar-refractivity contribution in [3.8, 4) is 5.75 Å². The highest BCUT2D eigenvalue weighted by Gasteiger charge is 2.15. The number of benzene rings is 3. The Morgan fingerprint density at radius 2 is 1.65 bits per heavy atom. The van der Waals surface area contributed by atoms with Gasteiger partial charge < -0.3 is 20.1 Å². The van der Waals surface area contributed by atoms with E-state index in [0.717, 1.165) is 16.3 Å². The average molecular weight is 420 g/mol. The first kappa shape index (κ1) is 21.8. The van der Waals surface area contributed by atoms with Gasteiger partial charge in [-0.05, 0) is 47.5 Å². The molecule has 31 heavy (non-hydrogen) atoms. The lowest BCUT2D eigenvalue weighted by Gasteiger charge is -2.16. The quantitative estimate of drug-likeness (QED) is 0.547. The molecule has 0 aliphatic rings. The summed E-state index contributed by atoms with van der Waals surface area (Å²) < 4.78 is 10.00. The molecule has 1 atom stereocenters. The highest BCUT2D eigenvalue weighted by Crippen LogP contribution is 2.23. The molecule has 0 spiro atoms. The van der Waals surface area contributed by atoms with Gasteiger partial charge >= 0.3 is 5.97 Å². The van der Waals surface area contributed by atoms with Gasteiger partial charge in [-0.3, -0.25) is 14.4 Å². The number of carbonyl (C=O) groups is 3. The Morgan fingerprint density at radius 3 is 2.39 bits per heavy atom. The Bertz CT molecular complexity index is 1070. The van der Waals surface area contributed by atoms with Crippen molar-refractivity contribution in [1.82, 2.24) is 10.6 Å². The van der Waals surface area contributed by atoms with Crippen LogP contribution >= 0.6 is 0 Å². The fraction of sp³-hybridized carbons (Fsp3) is 0.208. The van der Waals surface area contributed by atoms with Crippen LogP contribution in [0.2, 0.25) is 0 Å². The number of methoxy groups -OCH3 is 1. The number of hydrogen-bond donors (Lipinski definition) is 2. The normalized spacial score (nSPS) is 11.4. The lowest BCUT2D eigenvalue weighted by molar-refractivity contribution is -0.147. The summed E-state index contributed by atoms with van der Waals surface area (Å²) in [6.45, 7) is 1.11. The van der Waals surface area contributed by atoms with Crippen molar-refractivity contribution in [1.29, 1.82) is 0 Å². The Morgan fingerprint density at radius 1 is 0.935 bits per heavy atom. The third kappa shape index (κ3) is 5.82. The highest BCUT2D eigenvalue weighted by atomic mass is 16.5. The molecular weight excluding hydrogens is 396 g/mol. The molecule has 0 saturated carbocycles. The molecule has 0 fully saturated rings. The van der Waals surface area contributed by atoms with Gasteiger partial charge in [0.1, 0.15) is 12.3 Å². The van der Waals surface area contributed by atoms with E-state index >= 15 is 0 Å². The zero-order valence-electron chi connectivity index (χ0n) is 17.4. The zero-order valence-corrected chi connectivity index (χ0v) is 17.4. The van der Waals surface area contributed by atoms with E-state index in [0.29, 0.717) is 11.3 Å². The van der Waals surface area contributed by atoms with E-state index in [9.17, 15) is 14.4 Å². The minimum atomic E-state index is -0.699. The van der Waals surface area contributed by atoms with Gasteiger partial charge in [0, 0.05) is 5.56 Å². The van der Waals surface area contributed by atoms with Gasteiger partial charge in [0.2, 0.25) is 0 Å². The number of carbonyl (C=O) groups excluding carboxylic acids is 3. The van der Waals surface area contributed by atoms with Crippen LogP contribution in [0.15, 0.2) is 66.7 Å². The van der Waals surface area contributed by atoms with Gasteiger partial charge in [-0.1, -0.05) is 42.5 Å². The molecule has 0 aliphatic carbocycles. The third-order valence-corrected chi connectivity index (χ3v) is 4.78. The number of ether oxygens (including phenoxy) is 2. The van der Waals surface area contributed by atoms with Crippen molar-refractivity contribution >= 4 is 28.6 Å². The SMILES string of the molecule is COc1ccc(C(=O)NCC(=O)OCC(=O)NC(C)c2cccc3ccccc23)cc1. The maximum Gasteiger partial charge on any atom is 0.325 e. The second-order valence-corrected chi connectivity index (χ2v) is 6.93. The van der Waals surface area contributed by atoms with E-state index in [2.05, 4.69) is 10.6 Å². The standard InChI is InChI=1S/C24H24N2O5/c1-16(20-9-5-7-17-6-3-4-8-21(17)20)26-22(27)15-31-23(28)14-25-24(29)18-10-12-19(30-2)13-11-18/h3-13,16H,14-15H2,1-2H3,(H,25,29)(H,26,27). The summed E-state index contributed by atoms with van der Waals surface area (Å²) in [7, 11) is 1.53. The second kappa shape index (κ2) is 10.2. The summed E-state index contributed by atoms with van der Waals surface area (Å²) in [5.74, 6) is -0.918. The molecule has 0 radical (unpaired) electrons. The predicted octanol–water partition coefficient (Wildman–Crippen LogP) is 3.00. The summed E-state index contributed by atoms with van der Waals surface area (Å²) >= 11 is 0. The fourth-order valence-electron chi connectivity index (χ4n) is 3.18. The summed E-state index contributed by atoms with van der Waals surface area (Å²) in [5.41, 5.74) is 1.36. The van der Waals surface area contributed by atoms with Gasteiger partial charge in [-0.2, -0.15) is 0 Å². The molecule has 7 heteroatoms. The first-order valence-electron chi connectivity index (χ1n) is 9.83. The molecule has 160 valence electrons. The topological polar surface area (TPSA) is 93.7 Å². The van der Waals surface area contributed by atoms with Crippen molar-refractivity contribution in [2.24, 2.45) is 0 Å².